The van der Waals surface area contributed by atoms with Crippen LogP contribution in [-0.4, -0.2) is 11.8 Å². The van der Waals surface area contributed by atoms with Crippen LogP contribution in [0.5, 0.6) is 0 Å². The molecule has 0 bridgehead atoms. The van der Waals surface area contributed by atoms with Gasteiger partial charge in [-0.05, 0) is 36.8 Å². The molecule has 0 unspecified atom stereocenters. The highest BCUT2D eigenvalue weighted by molar-refractivity contribution is 6.34. The number of benzene rings is 2. The number of hydrogen-bond donors (Lipinski definition) is 1. The highest BCUT2D eigenvalue weighted by Crippen LogP contribution is 2.31. The molecule has 2 N–H and O–H groups in total. The molecule has 0 spiro atoms. The number of aryl methyl sites for hydroxylation is 1. The van der Waals surface area contributed by atoms with Crippen LogP contribution < -0.4 is 10.6 Å². The number of carbonyl (C=O) groups excluding carboxylic acids is 2. The minimum absolute atomic E-state index is 0.297. The van der Waals surface area contributed by atoms with E-state index in [4.69, 9.17) is 5.73 Å². The number of nitrogens with two attached hydrogens (primary N) is 1. The molecule has 94 valence electrons. The van der Waals surface area contributed by atoms with E-state index in [2.05, 4.69) is 0 Å². The average molecular weight is 252 g/mol. The molecule has 4 nitrogen and oxygen atoms in total. The molecule has 0 atom stereocenters. The third-order valence-electron chi connectivity index (χ3n) is 3.27. The molecular formula is C15H12N2O2. The highest BCUT2D eigenvalue weighted by Gasteiger charge is 2.36. The summed E-state index contributed by atoms with van der Waals surface area (Å²) < 4.78 is 0. The zero-order chi connectivity index (χ0) is 13.6. The van der Waals surface area contributed by atoms with Crippen LogP contribution in [0.3, 0.4) is 0 Å². The molecule has 0 aromatic heterocycles. The number of nitrogens with zero attached hydrogens (tertiary/aromatic N) is 1. The van der Waals surface area contributed by atoms with Crippen LogP contribution in [-0.2, 0) is 0 Å². The molecule has 0 aliphatic carbocycles. The number of fused-ring (bicyclic) bond motifs is 1. The number of nitrogen functional groups attached to an aromatic ring is 1. The molecule has 0 radical (unpaired) electrons. The maximum Gasteiger partial charge on any atom is 0.266 e. The Morgan fingerprint density at radius 2 is 1.53 bits per heavy atom. The van der Waals surface area contributed by atoms with Gasteiger partial charge in [-0.15, -0.1) is 0 Å². The first-order chi connectivity index (χ1) is 9.09. The lowest BCUT2D eigenvalue weighted by Gasteiger charge is -2.17. The highest BCUT2D eigenvalue weighted by atomic mass is 16.2. The van der Waals surface area contributed by atoms with Crippen LogP contribution in [0, 0.1) is 6.92 Å². The predicted octanol–water partition coefficient (Wildman–Crippen LogP) is 2.38. The van der Waals surface area contributed by atoms with Gasteiger partial charge in [-0.2, -0.15) is 0 Å². The Morgan fingerprint density at radius 1 is 0.947 bits per heavy atom. The summed E-state index contributed by atoms with van der Waals surface area (Å²) in [6, 6.07) is 12.0. The molecule has 2 aromatic carbocycles. The van der Waals surface area contributed by atoms with Crippen LogP contribution in [0.4, 0.5) is 11.4 Å². The summed E-state index contributed by atoms with van der Waals surface area (Å²) in [7, 11) is 0. The van der Waals surface area contributed by atoms with E-state index in [1.165, 1.54) is 4.90 Å². The van der Waals surface area contributed by atoms with Gasteiger partial charge in [-0.1, -0.05) is 18.2 Å². The Kier molecular flexibility index (Phi) is 2.38. The molecular weight excluding hydrogens is 240 g/mol. The summed E-state index contributed by atoms with van der Waals surface area (Å²) in [6.07, 6.45) is 0. The van der Waals surface area contributed by atoms with Crippen molar-refractivity contribution in [1.82, 2.24) is 0 Å². The van der Waals surface area contributed by atoms with Crippen molar-refractivity contribution in [1.29, 1.82) is 0 Å². The van der Waals surface area contributed by atoms with Gasteiger partial charge in [-0.25, -0.2) is 4.90 Å². The van der Waals surface area contributed by atoms with Crippen LogP contribution in [0.15, 0.2) is 42.5 Å². The molecule has 4 heteroatoms. The van der Waals surface area contributed by atoms with E-state index in [1.807, 2.05) is 6.92 Å². The smallest absolute Gasteiger partial charge is 0.266 e. The quantitative estimate of drug-likeness (QED) is 0.626. The molecule has 19 heavy (non-hydrogen) atoms. The van der Waals surface area contributed by atoms with Crippen molar-refractivity contribution in [2.75, 3.05) is 10.6 Å². The van der Waals surface area contributed by atoms with Crippen LogP contribution >= 0.6 is 0 Å². The zero-order valence-corrected chi connectivity index (χ0v) is 10.4. The lowest BCUT2D eigenvalue weighted by Crippen LogP contribution is -2.30. The van der Waals surface area contributed by atoms with Crippen molar-refractivity contribution in [3.8, 4) is 0 Å². The van der Waals surface area contributed by atoms with Gasteiger partial charge in [-0.3, -0.25) is 9.59 Å². The van der Waals surface area contributed by atoms with E-state index >= 15 is 0 Å². The normalized spacial score (nSPS) is 13.8. The third kappa shape index (κ3) is 1.61. The fraction of sp³-hybridized carbons (Fsp3) is 0.0667. The van der Waals surface area contributed by atoms with E-state index in [0.29, 0.717) is 22.5 Å². The molecule has 1 aliphatic heterocycles. The Labute approximate surface area is 110 Å². The van der Waals surface area contributed by atoms with Crippen LogP contribution in [0.1, 0.15) is 26.3 Å². The number of amides is 2. The van der Waals surface area contributed by atoms with Gasteiger partial charge in [0.05, 0.1) is 16.8 Å². The van der Waals surface area contributed by atoms with E-state index in [1.54, 1.807) is 42.5 Å². The second-order valence-corrected chi connectivity index (χ2v) is 4.54. The molecule has 1 heterocycles. The van der Waals surface area contributed by atoms with Gasteiger partial charge >= 0.3 is 0 Å². The number of imide groups is 1. The van der Waals surface area contributed by atoms with Crippen molar-refractivity contribution in [2.45, 2.75) is 6.92 Å². The van der Waals surface area contributed by atoms with E-state index in [-0.39, 0.29) is 11.8 Å². The first-order valence-corrected chi connectivity index (χ1v) is 5.93. The summed E-state index contributed by atoms with van der Waals surface area (Å²) in [5.74, 6) is -0.594. The molecule has 1 aliphatic rings. The summed E-state index contributed by atoms with van der Waals surface area (Å²) in [6.45, 7) is 1.85. The van der Waals surface area contributed by atoms with Gasteiger partial charge in [0, 0.05) is 5.69 Å². The molecule has 3 rings (SSSR count). The number of hydrogen-bond acceptors (Lipinski definition) is 3. The second kappa shape index (κ2) is 3.95. The minimum Gasteiger partial charge on any atom is -0.399 e. The monoisotopic (exact) mass is 252 g/mol. The number of carbonyl (C=O) groups is 2. The second-order valence-electron chi connectivity index (χ2n) is 4.54. The molecule has 2 amide bonds. The minimum atomic E-state index is -0.297. The van der Waals surface area contributed by atoms with E-state index in [9.17, 15) is 9.59 Å². The molecule has 0 fully saturated rings. The van der Waals surface area contributed by atoms with Crippen molar-refractivity contribution in [3.05, 3.63) is 59.2 Å². The molecule has 0 saturated heterocycles. The topological polar surface area (TPSA) is 63.4 Å². The standard InChI is InChI=1S/C15H12N2O2/c1-9-6-7-10(16)8-13(9)17-14(18)11-4-2-3-5-12(11)15(17)19/h2-8H,16H2,1H3. The fourth-order valence-corrected chi connectivity index (χ4v) is 2.28. The lowest BCUT2D eigenvalue weighted by atomic mass is 10.1. The Morgan fingerprint density at radius 3 is 2.11 bits per heavy atom. The van der Waals surface area contributed by atoms with Gasteiger partial charge in [0.25, 0.3) is 11.8 Å². The first kappa shape index (κ1) is 11.5. The first-order valence-electron chi connectivity index (χ1n) is 5.93. The lowest BCUT2D eigenvalue weighted by molar-refractivity contribution is 0.0926. The van der Waals surface area contributed by atoms with Gasteiger partial charge in [0.2, 0.25) is 0 Å². The Hall–Kier alpha value is -2.62. The van der Waals surface area contributed by atoms with Crippen LogP contribution in [0.25, 0.3) is 0 Å². The van der Waals surface area contributed by atoms with Gasteiger partial charge in [0.15, 0.2) is 0 Å². The maximum absolute atomic E-state index is 12.3. The van der Waals surface area contributed by atoms with Crippen molar-refractivity contribution < 1.29 is 9.59 Å². The largest absolute Gasteiger partial charge is 0.399 e. The summed E-state index contributed by atoms with van der Waals surface area (Å²) in [5.41, 5.74) is 8.53. The Bertz CT molecular complexity index is 672. The van der Waals surface area contributed by atoms with E-state index < -0.39 is 0 Å². The summed E-state index contributed by atoms with van der Waals surface area (Å²) in [4.78, 5) is 25.9. The molecule has 2 aromatic rings. The predicted molar refractivity (Wildman–Crippen MR) is 73.2 cm³/mol. The maximum atomic E-state index is 12.3. The third-order valence-corrected chi connectivity index (χ3v) is 3.27. The number of rotatable bonds is 1. The Balaban J connectivity index is 2.17. The van der Waals surface area contributed by atoms with Crippen LogP contribution in [0.2, 0.25) is 0 Å². The summed E-state index contributed by atoms with van der Waals surface area (Å²) >= 11 is 0. The fourth-order valence-electron chi connectivity index (χ4n) is 2.28. The van der Waals surface area contributed by atoms with Crippen molar-refractivity contribution >= 4 is 23.2 Å². The zero-order valence-electron chi connectivity index (χ0n) is 10.4. The summed E-state index contributed by atoms with van der Waals surface area (Å²) in [5, 5.41) is 0. The van der Waals surface area contributed by atoms with Crippen molar-refractivity contribution in [3.63, 3.8) is 0 Å². The SMILES string of the molecule is Cc1ccc(N)cc1N1C(=O)c2ccccc2C1=O. The van der Waals surface area contributed by atoms with Gasteiger partial charge in [0.1, 0.15) is 0 Å². The molecule has 0 saturated carbocycles. The van der Waals surface area contributed by atoms with Gasteiger partial charge < -0.3 is 5.73 Å². The van der Waals surface area contributed by atoms with Crippen molar-refractivity contribution in [2.24, 2.45) is 0 Å². The number of anilines is 2. The average Bonchev–Trinajstić information content (AvgIpc) is 2.66. The van der Waals surface area contributed by atoms with E-state index in [0.717, 1.165) is 5.56 Å².